The van der Waals surface area contributed by atoms with Gasteiger partial charge in [0.1, 0.15) is 0 Å². The Morgan fingerprint density at radius 3 is 2.47 bits per heavy atom. The van der Waals surface area contributed by atoms with Crippen LogP contribution < -0.4 is 5.32 Å². The van der Waals surface area contributed by atoms with E-state index in [0.29, 0.717) is 12.8 Å². The van der Waals surface area contributed by atoms with Crippen molar-refractivity contribution in [2.45, 2.75) is 19.4 Å². The molecule has 1 aromatic rings. The zero-order chi connectivity index (χ0) is 12.7. The van der Waals surface area contributed by atoms with Crippen molar-refractivity contribution in [2.24, 2.45) is 0 Å². The summed E-state index contributed by atoms with van der Waals surface area (Å²) in [6.45, 7) is 0.938. The molecule has 17 heavy (non-hydrogen) atoms. The molecule has 94 valence electrons. The number of hydrogen-bond donors (Lipinski definition) is 2. The van der Waals surface area contributed by atoms with Crippen molar-refractivity contribution < 1.29 is 9.90 Å². The highest BCUT2D eigenvalue weighted by Crippen LogP contribution is 2.11. The van der Waals surface area contributed by atoms with Crippen LogP contribution in [-0.2, 0) is 11.3 Å². The van der Waals surface area contributed by atoms with Crippen LogP contribution in [0.1, 0.15) is 18.4 Å². The number of anilines is 1. The molecule has 0 aliphatic rings. The molecule has 0 aromatic heterocycles. The van der Waals surface area contributed by atoms with Crippen molar-refractivity contribution in [1.82, 2.24) is 4.90 Å². The van der Waals surface area contributed by atoms with E-state index in [2.05, 4.69) is 10.2 Å². The topological polar surface area (TPSA) is 52.6 Å². The van der Waals surface area contributed by atoms with Gasteiger partial charge in [-0.15, -0.1) is 0 Å². The van der Waals surface area contributed by atoms with Crippen LogP contribution in [0.2, 0.25) is 0 Å². The second-order valence-corrected chi connectivity index (χ2v) is 4.31. The van der Waals surface area contributed by atoms with Crippen LogP contribution in [0, 0.1) is 0 Å². The molecule has 1 rings (SSSR count). The maximum absolute atomic E-state index is 11.4. The quantitative estimate of drug-likeness (QED) is 0.786. The summed E-state index contributed by atoms with van der Waals surface area (Å²) in [4.78, 5) is 13.5. The molecule has 0 unspecified atom stereocenters. The number of aliphatic hydroxyl groups is 1. The minimum absolute atomic E-state index is 0.0508. The monoisotopic (exact) mass is 236 g/mol. The molecule has 0 radical (unpaired) electrons. The largest absolute Gasteiger partial charge is 0.396 e. The van der Waals surface area contributed by atoms with Crippen molar-refractivity contribution >= 4 is 11.6 Å². The van der Waals surface area contributed by atoms with Crippen molar-refractivity contribution in [1.29, 1.82) is 0 Å². The van der Waals surface area contributed by atoms with Crippen LogP contribution in [0.5, 0.6) is 0 Å². The number of hydrogen-bond acceptors (Lipinski definition) is 3. The smallest absolute Gasteiger partial charge is 0.224 e. The van der Waals surface area contributed by atoms with Gasteiger partial charge in [-0.05, 0) is 38.2 Å². The average molecular weight is 236 g/mol. The molecule has 0 bridgehead atoms. The molecule has 0 saturated carbocycles. The fraction of sp³-hybridized carbons (Fsp3) is 0.462. The molecule has 1 aromatic carbocycles. The number of rotatable bonds is 6. The molecule has 0 spiro atoms. The maximum Gasteiger partial charge on any atom is 0.224 e. The van der Waals surface area contributed by atoms with E-state index in [1.54, 1.807) is 0 Å². The predicted molar refractivity (Wildman–Crippen MR) is 68.8 cm³/mol. The van der Waals surface area contributed by atoms with Gasteiger partial charge < -0.3 is 15.3 Å². The van der Waals surface area contributed by atoms with Gasteiger partial charge in [0.2, 0.25) is 5.91 Å². The van der Waals surface area contributed by atoms with Gasteiger partial charge in [-0.1, -0.05) is 12.1 Å². The molecular weight excluding hydrogens is 216 g/mol. The molecule has 2 N–H and O–H groups in total. The molecule has 4 nitrogen and oxygen atoms in total. The van der Waals surface area contributed by atoms with Gasteiger partial charge >= 0.3 is 0 Å². The normalized spacial score (nSPS) is 10.6. The van der Waals surface area contributed by atoms with E-state index in [1.165, 1.54) is 5.56 Å². The standard InChI is InChI=1S/C13H20N2O2/c1-15(2)10-11-5-7-12(8-6-11)14-13(17)4-3-9-16/h5-8,16H,3-4,9-10H2,1-2H3,(H,14,17). The van der Waals surface area contributed by atoms with Crippen LogP contribution in [0.15, 0.2) is 24.3 Å². The Morgan fingerprint density at radius 2 is 1.94 bits per heavy atom. The number of amides is 1. The highest BCUT2D eigenvalue weighted by Gasteiger charge is 2.02. The Bertz CT molecular complexity index is 347. The minimum Gasteiger partial charge on any atom is -0.396 e. The van der Waals surface area contributed by atoms with Crippen molar-refractivity contribution in [2.75, 3.05) is 26.0 Å². The van der Waals surface area contributed by atoms with E-state index in [9.17, 15) is 4.79 Å². The first-order chi connectivity index (χ1) is 8.11. The first-order valence-corrected chi connectivity index (χ1v) is 5.76. The Balaban J connectivity index is 2.47. The van der Waals surface area contributed by atoms with Crippen LogP contribution in [-0.4, -0.2) is 36.6 Å². The summed E-state index contributed by atoms with van der Waals surface area (Å²) in [6, 6.07) is 7.80. The van der Waals surface area contributed by atoms with Crippen LogP contribution in [0.4, 0.5) is 5.69 Å². The third-order valence-corrected chi connectivity index (χ3v) is 2.30. The highest BCUT2D eigenvalue weighted by molar-refractivity contribution is 5.90. The van der Waals surface area contributed by atoms with Gasteiger partial charge in [-0.2, -0.15) is 0 Å². The molecule has 0 aliphatic heterocycles. The van der Waals surface area contributed by atoms with E-state index < -0.39 is 0 Å². The number of benzene rings is 1. The zero-order valence-corrected chi connectivity index (χ0v) is 10.4. The van der Waals surface area contributed by atoms with Gasteiger partial charge in [-0.3, -0.25) is 4.79 Å². The van der Waals surface area contributed by atoms with Crippen molar-refractivity contribution in [3.63, 3.8) is 0 Å². The lowest BCUT2D eigenvalue weighted by atomic mass is 10.2. The predicted octanol–water partition coefficient (Wildman–Crippen LogP) is 1.46. The Hall–Kier alpha value is -1.39. The Morgan fingerprint density at radius 1 is 1.29 bits per heavy atom. The number of nitrogens with zero attached hydrogens (tertiary/aromatic N) is 1. The lowest BCUT2D eigenvalue weighted by Gasteiger charge is -2.10. The highest BCUT2D eigenvalue weighted by atomic mass is 16.3. The molecule has 0 heterocycles. The van der Waals surface area contributed by atoms with E-state index in [-0.39, 0.29) is 12.5 Å². The van der Waals surface area contributed by atoms with Gasteiger partial charge in [0.15, 0.2) is 0 Å². The minimum atomic E-state index is -0.0561. The third-order valence-electron chi connectivity index (χ3n) is 2.30. The Kier molecular flexibility index (Phi) is 5.66. The molecule has 1 amide bonds. The summed E-state index contributed by atoms with van der Waals surface area (Å²) >= 11 is 0. The fourth-order valence-electron chi connectivity index (χ4n) is 1.52. The van der Waals surface area contributed by atoms with Crippen molar-refractivity contribution in [3.8, 4) is 0 Å². The number of carbonyl (C=O) groups excluding carboxylic acids is 1. The second-order valence-electron chi connectivity index (χ2n) is 4.31. The lowest BCUT2D eigenvalue weighted by molar-refractivity contribution is -0.116. The van der Waals surface area contributed by atoms with E-state index in [0.717, 1.165) is 12.2 Å². The van der Waals surface area contributed by atoms with E-state index >= 15 is 0 Å². The summed E-state index contributed by atoms with van der Waals surface area (Å²) in [5.41, 5.74) is 2.01. The SMILES string of the molecule is CN(C)Cc1ccc(NC(=O)CCCO)cc1. The summed E-state index contributed by atoms with van der Waals surface area (Å²) < 4.78 is 0. The summed E-state index contributed by atoms with van der Waals surface area (Å²) in [5, 5.41) is 11.4. The zero-order valence-electron chi connectivity index (χ0n) is 10.4. The molecular formula is C13H20N2O2. The van der Waals surface area contributed by atoms with Crippen LogP contribution in [0.3, 0.4) is 0 Å². The number of nitrogens with one attached hydrogen (secondary N) is 1. The van der Waals surface area contributed by atoms with Crippen LogP contribution >= 0.6 is 0 Å². The van der Waals surface area contributed by atoms with Gasteiger partial charge in [0.05, 0.1) is 0 Å². The summed E-state index contributed by atoms with van der Waals surface area (Å²) in [7, 11) is 4.04. The van der Waals surface area contributed by atoms with Crippen LogP contribution in [0.25, 0.3) is 0 Å². The first-order valence-electron chi connectivity index (χ1n) is 5.76. The molecule has 4 heteroatoms. The Labute approximate surface area is 102 Å². The summed E-state index contributed by atoms with van der Waals surface area (Å²) in [6.07, 6.45) is 0.862. The van der Waals surface area contributed by atoms with Crippen molar-refractivity contribution in [3.05, 3.63) is 29.8 Å². The van der Waals surface area contributed by atoms with E-state index in [1.807, 2.05) is 38.4 Å². The maximum atomic E-state index is 11.4. The first kappa shape index (κ1) is 13.7. The second kappa shape index (κ2) is 7.04. The van der Waals surface area contributed by atoms with Gasteiger partial charge in [0.25, 0.3) is 0 Å². The molecule has 0 fully saturated rings. The number of carbonyl (C=O) groups is 1. The molecule has 0 aliphatic carbocycles. The average Bonchev–Trinajstić information content (AvgIpc) is 2.28. The molecule has 0 saturated heterocycles. The molecule has 0 atom stereocenters. The summed E-state index contributed by atoms with van der Waals surface area (Å²) in [5.74, 6) is -0.0561. The lowest BCUT2D eigenvalue weighted by Crippen LogP contribution is -2.12. The fourth-order valence-corrected chi connectivity index (χ4v) is 1.52. The van der Waals surface area contributed by atoms with Gasteiger partial charge in [0, 0.05) is 25.3 Å². The van der Waals surface area contributed by atoms with E-state index in [4.69, 9.17) is 5.11 Å². The third kappa shape index (κ3) is 5.47. The number of aliphatic hydroxyl groups excluding tert-OH is 1. The van der Waals surface area contributed by atoms with Gasteiger partial charge in [-0.25, -0.2) is 0 Å².